The maximum atomic E-state index is 13.5. The van der Waals surface area contributed by atoms with E-state index in [1.54, 1.807) is 11.8 Å². The van der Waals surface area contributed by atoms with Crippen molar-refractivity contribution in [2.45, 2.75) is 6.92 Å². The summed E-state index contributed by atoms with van der Waals surface area (Å²) in [5.41, 5.74) is -0.457. The van der Waals surface area contributed by atoms with Gasteiger partial charge in [0.15, 0.2) is 0 Å². The van der Waals surface area contributed by atoms with Crippen molar-refractivity contribution in [3.05, 3.63) is 34.1 Å². The van der Waals surface area contributed by atoms with Crippen molar-refractivity contribution in [3.8, 4) is 0 Å². The first-order valence-corrected chi connectivity index (χ1v) is 5.82. The van der Waals surface area contributed by atoms with Gasteiger partial charge in [0.2, 0.25) is 5.82 Å². The molecule has 0 saturated carbocycles. The highest BCUT2D eigenvalue weighted by molar-refractivity contribution is 5.74. The number of carboxylic acids is 1. The van der Waals surface area contributed by atoms with Crippen molar-refractivity contribution in [1.82, 2.24) is 0 Å². The normalized spacial score (nSPS) is 22.5. The van der Waals surface area contributed by atoms with Gasteiger partial charge < -0.3 is 10.0 Å². The zero-order valence-electron chi connectivity index (χ0n) is 10.2. The summed E-state index contributed by atoms with van der Waals surface area (Å²) in [6, 6.07) is 3.85. The first-order valence-electron chi connectivity index (χ1n) is 5.82. The highest BCUT2D eigenvalue weighted by Gasteiger charge is 2.37. The first kappa shape index (κ1) is 13.3. The highest BCUT2D eigenvalue weighted by Crippen LogP contribution is 2.35. The molecule has 0 bridgehead atoms. The fourth-order valence-corrected chi connectivity index (χ4v) is 2.42. The molecule has 19 heavy (non-hydrogen) atoms. The number of nitro benzene ring substituents is 1. The fourth-order valence-electron chi connectivity index (χ4n) is 2.42. The molecular weight excluding hydrogens is 255 g/mol. The highest BCUT2D eigenvalue weighted by atomic mass is 19.1. The molecule has 102 valence electrons. The molecular formula is C12H13FN2O4. The fraction of sp³-hybridized carbons (Fsp3) is 0.417. The van der Waals surface area contributed by atoms with Gasteiger partial charge in [-0.1, -0.05) is 13.0 Å². The number of rotatable bonds is 3. The number of hydrogen-bond acceptors (Lipinski definition) is 4. The molecule has 1 aromatic carbocycles. The van der Waals surface area contributed by atoms with E-state index in [2.05, 4.69) is 0 Å². The summed E-state index contributed by atoms with van der Waals surface area (Å²) in [5.74, 6) is -2.58. The molecule has 2 rings (SSSR count). The van der Waals surface area contributed by atoms with Gasteiger partial charge in [-0.25, -0.2) is 0 Å². The van der Waals surface area contributed by atoms with E-state index in [1.165, 1.54) is 12.1 Å². The van der Waals surface area contributed by atoms with Crippen LogP contribution in [0.5, 0.6) is 0 Å². The SMILES string of the molecule is CC1CN(c2cccc(F)c2[N+](=O)[O-])CC1C(=O)O. The molecule has 1 saturated heterocycles. The number of benzene rings is 1. The Labute approximate surface area is 108 Å². The Hall–Kier alpha value is -2.18. The van der Waals surface area contributed by atoms with E-state index in [-0.39, 0.29) is 18.2 Å². The minimum Gasteiger partial charge on any atom is -0.481 e. The largest absolute Gasteiger partial charge is 0.481 e. The summed E-state index contributed by atoms with van der Waals surface area (Å²) in [5, 5.41) is 20.0. The number of para-hydroxylation sites is 1. The van der Waals surface area contributed by atoms with E-state index < -0.39 is 28.3 Å². The van der Waals surface area contributed by atoms with Crippen LogP contribution in [0.15, 0.2) is 18.2 Å². The van der Waals surface area contributed by atoms with Crippen molar-refractivity contribution >= 4 is 17.3 Å². The standard InChI is InChI=1S/C12H13FN2O4/c1-7-5-14(6-8(7)12(16)17)10-4-2-3-9(13)11(10)15(18)19/h2-4,7-8H,5-6H2,1H3,(H,16,17). The topological polar surface area (TPSA) is 83.7 Å². The molecule has 6 nitrogen and oxygen atoms in total. The molecule has 1 aliphatic heterocycles. The molecule has 1 heterocycles. The summed E-state index contributed by atoms with van der Waals surface area (Å²) in [6.07, 6.45) is 0. The minimum atomic E-state index is -0.936. The monoisotopic (exact) mass is 268 g/mol. The van der Waals surface area contributed by atoms with E-state index in [9.17, 15) is 19.3 Å². The number of anilines is 1. The van der Waals surface area contributed by atoms with Crippen LogP contribution in [0.4, 0.5) is 15.8 Å². The predicted octanol–water partition coefficient (Wildman–Crippen LogP) is 1.89. The van der Waals surface area contributed by atoms with Gasteiger partial charge in [0.05, 0.1) is 10.8 Å². The van der Waals surface area contributed by atoms with Gasteiger partial charge in [-0.15, -0.1) is 0 Å². The summed E-state index contributed by atoms with van der Waals surface area (Å²) < 4.78 is 13.5. The smallest absolute Gasteiger partial charge is 0.327 e. The van der Waals surface area contributed by atoms with Crippen molar-refractivity contribution in [3.63, 3.8) is 0 Å². The van der Waals surface area contributed by atoms with Crippen LogP contribution >= 0.6 is 0 Å². The molecule has 0 aliphatic carbocycles. The molecule has 0 aromatic heterocycles. The van der Waals surface area contributed by atoms with E-state index in [0.717, 1.165) is 6.07 Å². The molecule has 7 heteroatoms. The zero-order valence-corrected chi connectivity index (χ0v) is 10.2. The Kier molecular flexibility index (Phi) is 3.37. The Balaban J connectivity index is 2.37. The molecule has 2 unspecified atom stereocenters. The molecule has 1 aromatic rings. The summed E-state index contributed by atoms with van der Waals surface area (Å²) in [7, 11) is 0. The quantitative estimate of drug-likeness (QED) is 0.668. The van der Waals surface area contributed by atoms with Gasteiger partial charge >= 0.3 is 11.7 Å². The van der Waals surface area contributed by atoms with Crippen LogP contribution in [0.2, 0.25) is 0 Å². The second kappa shape index (κ2) is 4.83. The van der Waals surface area contributed by atoms with Gasteiger partial charge in [-0.2, -0.15) is 4.39 Å². The number of carbonyl (C=O) groups is 1. The van der Waals surface area contributed by atoms with Gasteiger partial charge in [0.25, 0.3) is 0 Å². The second-order valence-corrected chi connectivity index (χ2v) is 4.69. The number of halogens is 1. The Morgan fingerprint density at radius 2 is 2.21 bits per heavy atom. The van der Waals surface area contributed by atoms with Gasteiger partial charge in [0, 0.05) is 13.1 Å². The van der Waals surface area contributed by atoms with Gasteiger partial charge in [0.1, 0.15) is 5.69 Å². The van der Waals surface area contributed by atoms with Crippen LogP contribution in [-0.4, -0.2) is 29.1 Å². The van der Waals surface area contributed by atoms with E-state index in [0.29, 0.717) is 6.54 Å². The molecule has 2 atom stereocenters. The van der Waals surface area contributed by atoms with Crippen LogP contribution < -0.4 is 4.90 Å². The lowest BCUT2D eigenvalue weighted by Crippen LogP contribution is -2.23. The maximum Gasteiger partial charge on any atom is 0.327 e. The van der Waals surface area contributed by atoms with Gasteiger partial charge in [-0.3, -0.25) is 14.9 Å². The zero-order chi connectivity index (χ0) is 14.2. The van der Waals surface area contributed by atoms with Crippen molar-refractivity contribution in [2.24, 2.45) is 11.8 Å². The Morgan fingerprint density at radius 1 is 1.53 bits per heavy atom. The van der Waals surface area contributed by atoms with Crippen molar-refractivity contribution < 1.29 is 19.2 Å². The molecule has 0 radical (unpaired) electrons. The number of hydrogen-bond donors (Lipinski definition) is 1. The average molecular weight is 268 g/mol. The first-order chi connectivity index (χ1) is 8.91. The summed E-state index contributed by atoms with van der Waals surface area (Å²) in [6.45, 7) is 2.28. The number of nitro groups is 1. The molecule has 0 amide bonds. The Bertz CT molecular complexity index is 534. The van der Waals surface area contributed by atoms with Crippen LogP contribution in [0.1, 0.15) is 6.92 Å². The average Bonchev–Trinajstić information content (AvgIpc) is 2.70. The van der Waals surface area contributed by atoms with Crippen LogP contribution in [0.3, 0.4) is 0 Å². The number of nitrogens with zero attached hydrogens (tertiary/aromatic N) is 2. The second-order valence-electron chi connectivity index (χ2n) is 4.69. The van der Waals surface area contributed by atoms with Crippen molar-refractivity contribution in [1.29, 1.82) is 0 Å². The third-order valence-corrected chi connectivity index (χ3v) is 3.42. The lowest BCUT2D eigenvalue weighted by Gasteiger charge is -2.18. The summed E-state index contributed by atoms with van der Waals surface area (Å²) in [4.78, 5) is 22.7. The van der Waals surface area contributed by atoms with E-state index in [1.807, 2.05) is 0 Å². The molecule has 0 spiro atoms. The molecule has 1 N–H and O–H groups in total. The van der Waals surface area contributed by atoms with E-state index in [4.69, 9.17) is 5.11 Å². The predicted molar refractivity (Wildman–Crippen MR) is 65.6 cm³/mol. The lowest BCUT2D eigenvalue weighted by molar-refractivity contribution is -0.386. The van der Waals surface area contributed by atoms with Crippen LogP contribution in [0.25, 0.3) is 0 Å². The lowest BCUT2D eigenvalue weighted by atomic mass is 9.99. The number of carboxylic acid groups (broad SMARTS) is 1. The maximum absolute atomic E-state index is 13.5. The Morgan fingerprint density at radius 3 is 2.74 bits per heavy atom. The van der Waals surface area contributed by atoms with E-state index >= 15 is 0 Å². The minimum absolute atomic E-state index is 0.139. The molecule has 1 aliphatic rings. The van der Waals surface area contributed by atoms with Crippen LogP contribution in [-0.2, 0) is 4.79 Å². The third-order valence-electron chi connectivity index (χ3n) is 3.42. The van der Waals surface area contributed by atoms with Gasteiger partial charge in [-0.05, 0) is 18.1 Å². The van der Waals surface area contributed by atoms with Crippen molar-refractivity contribution in [2.75, 3.05) is 18.0 Å². The third kappa shape index (κ3) is 2.35. The summed E-state index contributed by atoms with van der Waals surface area (Å²) >= 11 is 0. The number of aliphatic carboxylic acids is 1. The molecule has 1 fully saturated rings. The van der Waals surface area contributed by atoms with Crippen LogP contribution in [0, 0.1) is 27.8 Å².